The van der Waals surface area contributed by atoms with Gasteiger partial charge in [0.25, 0.3) is 0 Å². The van der Waals surface area contributed by atoms with E-state index >= 15 is 0 Å². The highest BCUT2D eigenvalue weighted by atomic mass is 16.1. The van der Waals surface area contributed by atoms with Crippen LogP contribution in [0.5, 0.6) is 0 Å². The van der Waals surface area contributed by atoms with Crippen LogP contribution < -0.4 is 0 Å². The number of fused-ring (bicyclic) bond motifs is 1. The molecule has 102 valence electrons. The summed E-state index contributed by atoms with van der Waals surface area (Å²) < 4.78 is 0. The van der Waals surface area contributed by atoms with E-state index in [1.54, 1.807) is 11.1 Å². The Labute approximate surface area is 115 Å². The molecule has 1 aromatic rings. The molecule has 0 N–H and O–H groups in total. The Morgan fingerprint density at radius 2 is 1.68 bits per heavy atom. The summed E-state index contributed by atoms with van der Waals surface area (Å²) in [5.41, 5.74) is 4.62. The predicted octanol–water partition coefficient (Wildman–Crippen LogP) is 2.77. The van der Waals surface area contributed by atoms with Crippen LogP contribution in [-0.4, -0.2) is 30.3 Å². The average molecular weight is 257 g/mol. The summed E-state index contributed by atoms with van der Waals surface area (Å²) in [7, 11) is 0. The van der Waals surface area contributed by atoms with Crippen molar-refractivity contribution in [1.82, 2.24) is 4.90 Å². The van der Waals surface area contributed by atoms with Gasteiger partial charge in [-0.15, -0.1) is 0 Å². The van der Waals surface area contributed by atoms with E-state index in [4.69, 9.17) is 0 Å². The largest absolute Gasteiger partial charge is 0.302 e. The van der Waals surface area contributed by atoms with E-state index in [0.717, 1.165) is 38.9 Å². The van der Waals surface area contributed by atoms with Crippen LogP contribution in [0.3, 0.4) is 0 Å². The molecule has 2 heteroatoms. The van der Waals surface area contributed by atoms with E-state index < -0.39 is 0 Å². The molecule has 2 aliphatic rings. The summed E-state index contributed by atoms with van der Waals surface area (Å²) in [5.74, 6) is 0.435. The van der Waals surface area contributed by atoms with Gasteiger partial charge in [-0.2, -0.15) is 0 Å². The molecule has 1 fully saturated rings. The van der Waals surface area contributed by atoms with Crippen LogP contribution in [0.4, 0.5) is 0 Å². The van der Waals surface area contributed by atoms with Crippen molar-refractivity contribution in [3.63, 3.8) is 0 Å². The average Bonchev–Trinajstić information content (AvgIpc) is 2.46. The normalized spacial score (nSPS) is 20.3. The minimum Gasteiger partial charge on any atom is -0.302 e. The zero-order valence-electron chi connectivity index (χ0n) is 11.7. The Morgan fingerprint density at radius 3 is 2.47 bits per heavy atom. The number of ketones is 1. The van der Waals surface area contributed by atoms with Crippen LogP contribution in [0.15, 0.2) is 18.2 Å². The molecule has 0 radical (unpaired) electrons. The molecular weight excluding hydrogens is 234 g/mol. The molecule has 0 aromatic heterocycles. The standard InChI is InChI=1S/C17H23NO/c19-17-8-11-18(12-9-17)10-7-14-5-6-15-3-1-2-4-16(15)13-14/h5-6,13H,1-4,7-12H2. The van der Waals surface area contributed by atoms with Gasteiger partial charge in [0, 0.05) is 32.5 Å². The van der Waals surface area contributed by atoms with E-state index in [2.05, 4.69) is 23.1 Å². The van der Waals surface area contributed by atoms with Crippen molar-refractivity contribution in [3.8, 4) is 0 Å². The Morgan fingerprint density at radius 1 is 0.947 bits per heavy atom. The minimum absolute atomic E-state index is 0.435. The Hall–Kier alpha value is -1.15. The molecule has 1 aromatic carbocycles. The first-order valence-corrected chi connectivity index (χ1v) is 7.66. The summed E-state index contributed by atoms with van der Waals surface area (Å²) in [6.45, 7) is 3.03. The van der Waals surface area contributed by atoms with E-state index in [0.29, 0.717) is 5.78 Å². The Balaban J connectivity index is 1.56. The zero-order chi connectivity index (χ0) is 13.1. The topological polar surface area (TPSA) is 20.3 Å². The number of hydrogen-bond acceptors (Lipinski definition) is 2. The van der Waals surface area contributed by atoms with Crippen molar-refractivity contribution in [2.24, 2.45) is 0 Å². The second-order valence-corrected chi connectivity index (χ2v) is 5.94. The first-order chi connectivity index (χ1) is 9.31. The monoisotopic (exact) mass is 257 g/mol. The first-order valence-electron chi connectivity index (χ1n) is 7.66. The van der Waals surface area contributed by atoms with Crippen LogP contribution in [0, 0.1) is 0 Å². The molecule has 1 aliphatic heterocycles. The highest BCUT2D eigenvalue weighted by molar-refractivity contribution is 5.79. The fourth-order valence-electron chi connectivity index (χ4n) is 3.26. The van der Waals surface area contributed by atoms with E-state index in [1.165, 1.54) is 31.2 Å². The van der Waals surface area contributed by atoms with Crippen molar-refractivity contribution in [2.75, 3.05) is 19.6 Å². The second kappa shape index (κ2) is 5.87. The van der Waals surface area contributed by atoms with E-state index in [1.807, 2.05) is 0 Å². The molecule has 1 heterocycles. The number of benzene rings is 1. The van der Waals surface area contributed by atoms with Crippen molar-refractivity contribution >= 4 is 5.78 Å². The Bertz CT molecular complexity index is 456. The number of rotatable bonds is 3. The summed E-state index contributed by atoms with van der Waals surface area (Å²) in [6, 6.07) is 7.06. The van der Waals surface area contributed by atoms with Crippen molar-refractivity contribution in [1.29, 1.82) is 0 Å². The molecule has 1 saturated heterocycles. The maximum atomic E-state index is 11.2. The van der Waals surface area contributed by atoms with Gasteiger partial charge < -0.3 is 4.90 Å². The number of carbonyl (C=O) groups is 1. The van der Waals surface area contributed by atoms with Crippen LogP contribution in [0.2, 0.25) is 0 Å². The van der Waals surface area contributed by atoms with Gasteiger partial charge in [-0.3, -0.25) is 4.79 Å². The number of hydrogen-bond donors (Lipinski definition) is 0. The quantitative estimate of drug-likeness (QED) is 0.830. The summed E-state index contributed by atoms with van der Waals surface area (Å²) in [5, 5.41) is 0. The van der Waals surface area contributed by atoms with Crippen LogP contribution in [-0.2, 0) is 24.1 Å². The van der Waals surface area contributed by atoms with Gasteiger partial charge in [0.05, 0.1) is 0 Å². The predicted molar refractivity (Wildman–Crippen MR) is 77.5 cm³/mol. The smallest absolute Gasteiger partial charge is 0.135 e. The molecule has 3 rings (SSSR count). The van der Waals surface area contributed by atoms with Crippen molar-refractivity contribution in [3.05, 3.63) is 34.9 Å². The van der Waals surface area contributed by atoms with Gasteiger partial charge in [0.2, 0.25) is 0 Å². The highest BCUT2D eigenvalue weighted by Crippen LogP contribution is 2.22. The molecule has 0 unspecified atom stereocenters. The lowest BCUT2D eigenvalue weighted by atomic mass is 9.90. The molecule has 0 amide bonds. The summed E-state index contributed by atoms with van der Waals surface area (Å²) >= 11 is 0. The number of likely N-dealkylation sites (tertiary alicyclic amines) is 1. The molecule has 0 bridgehead atoms. The number of piperidine rings is 1. The zero-order valence-corrected chi connectivity index (χ0v) is 11.7. The number of aryl methyl sites for hydroxylation is 2. The molecule has 1 aliphatic carbocycles. The number of carbonyl (C=O) groups excluding carboxylic acids is 1. The fraction of sp³-hybridized carbons (Fsp3) is 0.588. The third kappa shape index (κ3) is 3.24. The molecule has 19 heavy (non-hydrogen) atoms. The molecule has 0 saturated carbocycles. The second-order valence-electron chi connectivity index (χ2n) is 5.94. The van der Waals surface area contributed by atoms with E-state index in [-0.39, 0.29) is 0 Å². The highest BCUT2D eigenvalue weighted by Gasteiger charge is 2.16. The maximum Gasteiger partial charge on any atom is 0.135 e. The van der Waals surface area contributed by atoms with Crippen LogP contribution in [0.1, 0.15) is 42.4 Å². The molecule has 2 nitrogen and oxygen atoms in total. The summed E-state index contributed by atoms with van der Waals surface area (Å²) in [6.07, 6.45) is 7.87. The van der Waals surface area contributed by atoms with Crippen molar-refractivity contribution < 1.29 is 4.79 Å². The fourth-order valence-corrected chi connectivity index (χ4v) is 3.26. The van der Waals surface area contributed by atoms with Gasteiger partial charge in [0.1, 0.15) is 5.78 Å². The molecule has 0 spiro atoms. The number of nitrogens with zero attached hydrogens (tertiary/aromatic N) is 1. The lowest BCUT2D eigenvalue weighted by molar-refractivity contribution is -0.121. The van der Waals surface area contributed by atoms with Gasteiger partial charge in [-0.25, -0.2) is 0 Å². The van der Waals surface area contributed by atoms with Gasteiger partial charge >= 0.3 is 0 Å². The lowest BCUT2D eigenvalue weighted by Gasteiger charge is -2.26. The van der Waals surface area contributed by atoms with Gasteiger partial charge in [-0.1, -0.05) is 18.2 Å². The molecular formula is C17H23NO. The number of Topliss-reactive ketones (excluding diaryl/α,β-unsaturated/α-hetero) is 1. The van der Waals surface area contributed by atoms with Crippen LogP contribution in [0.25, 0.3) is 0 Å². The SMILES string of the molecule is O=C1CCN(CCc2ccc3c(c2)CCCC3)CC1. The maximum absolute atomic E-state index is 11.2. The summed E-state index contributed by atoms with van der Waals surface area (Å²) in [4.78, 5) is 13.6. The Kier molecular flexibility index (Phi) is 3.97. The lowest BCUT2D eigenvalue weighted by Crippen LogP contribution is -2.35. The minimum atomic E-state index is 0.435. The molecule has 0 atom stereocenters. The third-order valence-electron chi connectivity index (χ3n) is 4.54. The van der Waals surface area contributed by atoms with Crippen molar-refractivity contribution in [2.45, 2.75) is 44.9 Å². The first kappa shape index (κ1) is 12.9. The van der Waals surface area contributed by atoms with Gasteiger partial charge in [-0.05, 0) is 48.8 Å². The third-order valence-corrected chi connectivity index (χ3v) is 4.54. The van der Waals surface area contributed by atoms with Crippen LogP contribution >= 0.6 is 0 Å². The van der Waals surface area contributed by atoms with Gasteiger partial charge in [0.15, 0.2) is 0 Å². The van der Waals surface area contributed by atoms with E-state index in [9.17, 15) is 4.79 Å².